The third-order valence-corrected chi connectivity index (χ3v) is 5.49. The van der Waals surface area contributed by atoms with Crippen molar-refractivity contribution in [2.24, 2.45) is 5.92 Å². The van der Waals surface area contributed by atoms with Crippen molar-refractivity contribution >= 4 is 17.7 Å². The normalized spacial score (nSPS) is 14.7. The highest BCUT2D eigenvalue weighted by molar-refractivity contribution is 6.00. The van der Waals surface area contributed by atoms with Gasteiger partial charge in [-0.05, 0) is 54.9 Å². The van der Waals surface area contributed by atoms with E-state index in [-0.39, 0.29) is 24.0 Å². The van der Waals surface area contributed by atoms with Crippen LogP contribution in [0.3, 0.4) is 0 Å². The quantitative estimate of drug-likeness (QED) is 0.535. The molecule has 0 saturated heterocycles. The van der Waals surface area contributed by atoms with Crippen LogP contribution in [0.15, 0.2) is 48.5 Å². The fourth-order valence-electron chi connectivity index (χ4n) is 3.76. The molecule has 0 aromatic heterocycles. The van der Waals surface area contributed by atoms with E-state index in [1.807, 2.05) is 56.3 Å². The minimum Gasteiger partial charge on any atom is -0.453 e. The number of rotatable bonds is 8. The van der Waals surface area contributed by atoms with Gasteiger partial charge in [-0.15, -0.1) is 0 Å². The Morgan fingerprint density at radius 1 is 0.967 bits per heavy atom. The maximum Gasteiger partial charge on any atom is 0.329 e. The van der Waals surface area contributed by atoms with Crippen molar-refractivity contribution in [3.63, 3.8) is 0 Å². The number of hydrogen-bond acceptors (Lipinski definition) is 4. The van der Waals surface area contributed by atoms with Crippen molar-refractivity contribution in [1.29, 1.82) is 0 Å². The predicted octanol–water partition coefficient (Wildman–Crippen LogP) is 3.67. The Kier molecular flexibility index (Phi) is 7.03. The number of benzene rings is 2. The van der Waals surface area contributed by atoms with Gasteiger partial charge < -0.3 is 10.1 Å². The van der Waals surface area contributed by atoms with Gasteiger partial charge >= 0.3 is 5.97 Å². The number of amides is 1. The number of Topliss-reactive ketones (excluding diaryl/α,β-unsaturated/α-hetero) is 1. The van der Waals surface area contributed by atoms with Crippen molar-refractivity contribution in [3.8, 4) is 0 Å². The summed E-state index contributed by atoms with van der Waals surface area (Å²) in [6.07, 6.45) is 2.40. The topological polar surface area (TPSA) is 72.5 Å². The van der Waals surface area contributed by atoms with Gasteiger partial charge in [0.1, 0.15) is 6.04 Å². The predicted molar refractivity (Wildman–Crippen MR) is 115 cm³/mol. The van der Waals surface area contributed by atoms with Crippen LogP contribution in [0.5, 0.6) is 0 Å². The van der Waals surface area contributed by atoms with Crippen molar-refractivity contribution < 1.29 is 19.1 Å². The van der Waals surface area contributed by atoms with E-state index in [0.29, 0.717) is 5.56 Å². The summed E-state index contributed by atoms with van der Waals surface area (Å²) in [4.78, 5) is 37.9. The first kappa shape index (κ1) is 21.8. The van der Waals surface area contributed by atoms with E-state index < -0.39 is 18.1 Å². The molecule has 1 aliphatic rings. The number of carbonyl (C=O) groups excluding carboxylic acids is 3. The summed E-state index contributed by atoms with van der Waals surface area (Å²) in [7, 11) is 0. The third-order valence-electron chi connectivity index (χ3n) is 5.49. The number of ether oxygens (including phenoxy) is 1. The minimum absolute atomic E-state index is 0.167. The van der Waals surface area contributed by atoms with E-state index in [1.165, 1.54) is 11.1 Å². The van der Waals surface area contributed by atoms with Crippen LogP contribution in [0.25, 0.3) is 0 Å². The lowest BCUT2D eigenvalue weighted by molar-refractivity contribution is -0.151. The lowest BCUT2D eigenvalue weighted by Crippen LogP contribution is -2.47. The van der Waals surface area contributed by atoms with Crippen LogP contribution in [0, 0.1) is 5.92 Å². The molecule has 3 rings (SSSR count). The van der Waals surface area contributed by atoms with Crippen molar-refractivity contribution in [1.82, 2.24) is 5.32 Å². The molecular formula is C25H29NO4. The highest BCUT2D eigenvalue weighted by Gasteiger charge is 2.29. The first-order chi connectivity index (χ1) is 14.3. The molecular weight excluding hydrogens is 378 g/mol. The SMILES string of the molecule is CC(C)[C@H](NC(=O)Cc1ccccc1)C(=O)O[C@@H](C)C(=O)c1ccc2c(c1)CCC2. The molecule has 158 valence electrons. The number of nitrogens with one attached hydrogen (secondary N) is 1. The molecule has 5 heteroatoms. The Labute approximate surface area is 177 Å². The lowest BCUT2D eigenvalue weighted by Gasteiger charge is -2.23. The maximum atomic E-state index is 12.8. The number of carbonyl (C=O) groups is 3. The van der Waals surface area contributed by atoms with Gasteiger partial charge in [0.2, 0.25) is 11.7 Å². The Hall–Kier alpha value is -2.95. The monoisotopic (exact) mass is 407 g/mol. The molecule has 0 spiro atoms. The van der Waals surface area contributed by atoms with Crippen LogP contribution in [0.4, 0.5) is 0 Å². The van der Waals surface area contributed by atoms with Crippen LogP contribution in [-0.2, 0) is 33.6 Å². The molecule has 0 unspecified atom stereocenters. The highest BCUT2D eigenvalue weighted by Crippen LogP contribution is 2.23. The summed E-state index contributed by atoms with van der Waals surface area (Å²) in [5, 5.41) is 2.76. The zero-order chi connectivity index (χ0) is 21.7. The average molecular weight is 408 g/mol. The Morgan fingerprint density at radius 2 is 1.67 bits per heavy atom. The van der Waals surface area contributed by atoms with Gasteiger partial charge in [0.05, 0.1) is 6.42 Å². The van der Waals surface area contributed by atoms with Crippen molar-refractivity contribution in [2.75, 3.05) is 0 Å². The second kappa shape index (κ2) is 9.70. The van der Waals surface area contributed by atoms with Crippen LogP contribution in [-0.4, -0.2) is 29.8 Å². The highest BCUT2D eigenvalue weighted by atomic mass is 16.5. The van der Waals surface area contributed by atoms with E-state index in [1.54, 1.807) is 13.0 Å². The molecule has 30 heavy (non-hydrogen) atoms. The van der Waals surface area contributed by atoms with Crippen molar-refractivity contribution in [2.45, 2.75) is 58.6 Å². The maximum absolute atomic E-state index is 12.8. The number of fused-ring (bicyclic) bond motifs is 1. The minimum atomic E-state index is -0.913. The first-order valence-corrected chi connectivity index (χ1v) is 10.5. The van der Waals surface area contributed by atoms with Crippen LogP contribution in [0.2, 0.25) is 0 Å². The summed E-state index contributed by atoms with van der Waals surface area (Å²) in [5.74, 6) is -1.24. The molecule has 0 aliphatic heterocycles. The van der Waals surface area contributed by atoms with E-state index >= 15 is 0 Å². The van der Waals surface area contributed by atoms with Gasteiger partial charge in [0.15, 0.2) is 6.10 Å². The smallest absolute Gasteiger partial charge is 0.329 e. The molecule has 0 saturated carbocycles. The Bertz CT molecular complexity index is 920. The molecule has 2 atom stereocenters. The summed E-state index contributed by atoms with van der Waals surface area (Å²) < 4.78 is 5.46. The Balaban J connectivity index is 1.61. The zero-order valence-corrected chi connectivity index (χ0v) is 17.8. The van der Waals surface area contributed by atoms with Gasteiger partial charge in [0.25, 0.3) is 0 Å². The molecule has 0 heterocycles. The van der Waals surface area contributed by atoms with Gasteiger partial charge in [-0.3, -0.25) is 9.59 Å². The van der Waals surface area contributed by atoms with E-state index in [4.69, 9.17) is 4.74 Å². The molecule has 2 aromatic rings. The fourth-order valence-corrected chi connectivity index (χ4v) is 3.76. The van der Waals surface area contributed by atoms with E-state index in [0.717, 1.165) is 24.8 Å². The van der Waals surface area contributed by atoms with E-state index in [9.17, 15) is 14.4 Å². The molecule has 1 amide bonds. The molecule has 2 aromatic carbocycles. The Morgan fingerprint density at radius 3 is 2.37 bits per heavy atom. The van der Waals surface area contributed by atoms with Gasteiger partial charge in [-0.1, -0.05) is 56.3 Å². The number of hydrogen-bond donors (Lipinski definition) is 1. The number of aryl methyl sites for hydroxylation is 2. The number of ketones is 1. The van der Waals surface area contributed by atoms with Crippen LogP contribution in [0.1, 0.15) is 54.2 Å². The molecule has 1 N–H and O–H groups in total. The largest absolute Gasteiger partial charge is 0.453 e. The second-order valence-corrected chi connectivity index (χ2v) is 8.23. The zero-order valence-electron chi connectivity index (χ0n) is 17.8. The van der Waals surface area contributed by atoms with Gasteiger partial charge in [0, 0.05) is 5.56 Å². The molecule has 1 aliphatic carbocycles. The second-order valence-electron chi connectivity index (χ2n) is 8.23. The average Bonchev–Trinajstić information content (AvgIpc) is 3.19. The van der Waals surface area contributed by atoms with Crippen molar-refractivity contribution in [3.05, 3.63) is 70.8 Å². The fraction of sp³-hybridized carbons (Fsp3) is 0.400. The van der Waals surface area contributed by atoms with Crippen LogP contribution >= 0.6 is 0 Å². The summed E-state index contributed by atoms with van der Waals surface area (Å²) >= 11 is 0. The third kappa shape index (κ3) is 5.35. The van der Waals surface area contributed by atoms with Crippen LogP contribution < -0.4 is 5.32 Å². The van der Waals surface area contributed by atoms with Gasteiger partial charge in [-0.2, -0.15) is 0 Å². The summed E-state index contributed by atoms with van der Waals surface area (Å²) in [6, 6.07) is 14.2. The van der Waals surface area contributed by atoms with E-state index in [2.05, 4.69) is 5.32 Å². The molecule has 0 bridgehead atoms. The number of esters is 1. The first-order valence-electron chi connectivity index (χ1n) is 10.5. The molecule has 0 fully saturated rings. The molecule has 5 nitrogen and oxygen atoms in total. The lowest BCUT2D eigenvalue weighted by atomic mass is 10.0. The standard InChI is InChI=1S/C25H29NO4/c1-16(2)23(26-22(27)14-18-8-5-4-6-9-18)25(29)30-17(3)24(28)21-13-12-19-10-7-11-20(19)15-21/h4-6,8-9,12-13,15-17,23H,7,10-11,14H2,1-3H3,(H,26,27)/t17-,23-/m0/s1. The summed E-state index contributed by atoms with van der Waals surface area (Å²) in [5.41, 5.74) is 3.92. The summed E-state index contributed by atoms with van der Waals surface area (Å²) in [6.45, 7) is 5.25. The van der Waals surface area contributed by atoms with Gasteiger partial charge in [-0.25, -0.2) is 4.79 Å². The molecule has 0 radical (unpaired) electrons.